The lowest BCUT2D eigenvalue weighted by molar-refractivity contribution is -0.0100. The van der Waals surface area contributed by atoms with Crippen molar-refractivity contribution < 1.29 is 5.11 Å². The van der Waals surface area contributed by atoms with E-state index >= 15 is 0 Å². The summed E-state index contributed by atoms with van der Waals surface area (Å²) in [7, 11) is 2.11. The van der Waals surface area contributed by atoms with E-state index in [1.54, 1.807) is 0 Å². The molecule has 1 aliphatic carbocycles. The van der Waals surface area contributed by atoms with E-state index in [-0.39, 0.29) is 6.10 Å². The second kappa shape index (κ2) is 4.07. The van der Waals surface area contributed by atoms with Crippen molar-refractivity contribution in [1.82, 2.24) is 4.90 Å². The van der Waals surface area contributed by atoms with Gasteiger partial charge in [0.15, 0.2) is 0 Å². The maximum atomic E-state index is 9.34. The summed E-state index contributed by atoms with van der Waals surface area (Å²) >= 11 is 0. The van der Waals surface area contributed by atoms with Crippen LogP contribution in [0.15, 0.2) is 0 Å². The van der Waals surface area contributed by atoms with Crippen LogP contribution in [0.4, 0.5) is 0 Å². The zero-order valence-corrected chi connectivity index (χ0v) is 7.58. The predicted molar refractivity (Wildman–Crippen MR) is 46.6 cm³/mol. The monoisotopic (exact) mass is 157 g/mol. The number of aliphatic hydroxyl groups excluding tert-OH is 1. The molecule has 1 saturated carbocycles. The Kier molecular flexibility index (Phi) is 3.34. The molecule has 0 amide bonds. The summed E-state index contributed by atoms with van der Waals surface area (Å²) in [6.07, 6.45) is 4.63. The molecule has 0 aliphatic heterocycles. The van der Waals surface area contributed by atoms with Gasteiger partial charge in [-0.05, 0) is 32.9 Å². The molecule has 1 N–H and O–H groups in total. The van der Waals surface area contributed by atoms with Crippen LogP contribution in [0.3, 0.4) is 0 Å². The first-order valence-electron chi connectivity index (χ1n) is 4.64. The van der Waals surface area contributed by atoms with Crippen LogP contribution in [-0.4, -0.2) is 35.7 Å². The van der Waals surface area contributed by atoms with E-state index in [9.17, 15) is 5.11 Å². The molecular formula is C9H19NO. The summed E-state index contributed by atoms with van der Waals surface area (Å²) in [5.41, 5.74) is 0. The van der Waals surface area contributed by atoms with Gasteiger partial charge in [0.05, 0.1) is 6.10 Å². The number of rotatable bonds is 4. The lowest BCUT2D eigenvalue weighted by Crippen LogP contribution is -2.48. The summed E-state index contributed by atoms with van der Waals surface area (Å²) in [6.45, 7) is 3.34. The molecule has 0 aromatic carbocycles. The summed E-state index contributed by atoms with van der Waals surface area (Å²) in [6, 6.07) is 0.460. The van der Waals surface area contributed by atoms with Crippen LogP contribution in [-0.2, 0) is 0 Å². The van der Waals surface area contributed by atoms with Crippen molar-refractivity contribution in [3.05, 3.63) is 0 Å². The maximum Gasteiger partial charge on any atom is 0.0695 e. The van der Waals surface area contributed by atoms with Gasteiger partial charge in [-0.3, -0.25) is 0 Å². The molecule has 0 heterocycles. The van der Waals surface area contributed by atoms with Gasteiger partial charge in [0.25, 0.3) is 0 Å². The Labute approximate surface area is 69.2 Å². The molecule has 0 saturated heterocycles. The first-order valence-corrected chi connectivity index (χ1v) is 4.64. The van der Waals surface area contributed by atoms with Crippen LogP contribution in [0.25, 0.3) is 0 Å². The average Bonchev–Trinajstić information content (AvgIpc) is 1.98. The molecule has 1 rings (SSSR count). The minimum absolute atomic E-state index is 0.0446. The topological polar surface area (TPSA) is 23.5 Å². The Hall–Kier alpha value is -0.0800. The van der Waals surface area contributed by atoms with E-state index < -0.39 is 0 Å². The standard InChI is InChI=1S/C9H19NO/c1-3-4-7-10(2)8-5-6-9(8)11/h8-9,11H,3-7H2,1-2H3. The zero-order valence-electron chi connectivity index (χ0n) is 7.58. The maximum absolute atomic E-state index is 9.34. The molecule has 1 aliphatic rings. The Balaban J connectivity index is 2.13. The third-order valence-electron chi connectivity index (χ3n) is 2.63. The van der Waals surface area contributed by atoms with Gasteiger partial charge in [-0.25, -0.2) is 0 Å². The van der Waals surface area contributed by atoms with Crippen LogP contribution in [0.1, 0.15) is 32.6 Å². The van der Waals surface area contributed by atoms with Crippen LogP contribution >= 0.6 is 0 Å². The average molecular weight is 157 g/mol. The van der Waals surface area contributed by atoms with Crippen molar-refractivity contribution in [2.45, 2.75) is 44.8 Å². The highest BCUT2D eigenvalue weighted by atomic mass is 16.3. The van der Waals surface area contributed by atoms with Crippen molar-refractivity contribution in [1.29, 1.82) is 0 Å². The quantitative estimate of drug-likeness (QED) is 0.663. The van der Waals surface area contributed by atoms with E-state index in [2.05, 4.69) is 18.9 Å². The molecule has 2 atom stereocenters. The lowest BCUT2D eigenvalue weighted by atomic mass is 9.88. The summed E-state index contributed by atoms with van der Waals surface area (Å²) in [5, 5.41) is 9.34. The highest BCUT2D eigenvalue weighted by Crippen LogP contribution is 2.24. The Morgan fingerprint density at radius 2 is 2.18 bits per heavy atom. The van der Waals surface area contributed by atoms with Crippen molar-refractivity contribution in [2.24, 2.45) is 0 Å². The second-order valence-electron chi connectivity index (χ2n) is 3.55. The van der Waals surface area contributed by atoms with Crippen LogP contribution in [0, 0.1) is 0 Å². The zero-order chi connectivity index (χ0) is 8.27. The number of likely N-dealkylation sites (N-methyl/N-ethyl adjacent to an activating group) is 1. The Bertz CT molecular complexity index is 116. The SMILES string of the molecule is CCCCN(C)C1CCC1O. The largest absolute Gasteiger partial charge is 0.391 e. The van der Waals surface area contributed by atoms with Gasteiger partial charge in [0, 0.05) is 6.04 Å². The smallest absolute Gasteiger partial charge is 0.0695 e. The number of nitrogens with zero attached hydrogens (tertiary/aromatic N) is 1. The molecule has 0 radical (unpaired) electrons. The van der Waals surface area contributed by atoms with E-state index in [1.165, 1.54) is 19.3 Å². The lowest BCUT2D eigenvalue weighted by Gasteiger charge is -2.39. The molecule has 2 nitrogen and oxygen atoms in total. The molecular weight excluding hydrogens is 138 g/mol. The van der Waals surface area contributed by atoms with Crippen molar-refractivity contribution >= 4 is 0 Å². The Morgan fingerprint density at radius 3 is 2.55 bits per heavy atom. The fraction of sp³-hybridized carbons (Fsp3) is 1.00. The van der Waals surface area contributed by atoms with Crippen LogP contribution in [0.5, 0.6) is 0 Å². The molecule has 0 aromatic heterocycles. The first kappa shape index (κ1) is 9.01. The fourth-order valence-corrected chi connectivity index (χ4v) is 1.55. The summed E-state index contributed by atoms with van der Waals surface area (Å²) in [4.78, 5) is 2.29. The summed E-state index contributed by atoms with van der Waals surface area (Å²) in [5.74, 6) is 0. The van der Waals surface area contributed by atoms with E-state index in [0.29, 0.717) is 6.04 Å². The molecule has 0 aromatic rings. The van der Waals surface area contributed by atoms with Gasteiger partial charge >= 0.3 is 0 Å². The number of hydrogen-bond donors (Lipinski definition) is 1. The van der Waals surface area contributed by atoms with Crippen LogP contribution in [0.2, 0.25) is 0 Å². The van der Waals surface area contributed by atoms with E-state index in [4.69, 9.17) is 0 Å². The van der Waals surface area contributed by atoms with Crippen molar-refractivity contribution in [3.8, 4) is 0 Å². The minimum atomic E-state index is -0.0446. The predicted octanol–water partition coefficient (Wildman–Crippen LogP) is 1.24. The van der Waals surface area contributed by atoms with Gasteiger partial charge in [0.1, 0.15) is 0 Å². The second-order valence-corrected chi connectivity index (χ2v) is 3.55. The summed E-state index contributed by atoms with van der Waals surface area (Å²) < 4.78 is 0. The van der Waals surface area contributed by atoms with Crippen molar-refractivity contribution in [3.63, 3.8) is 0 Å². The molecule has 0 bridgehead atoms. The minimum Gasteiger partial charge on any atom is -0.391 e. The van der Waals surface area contributed by atoms with Gasteiger partial charge in [-0.2, -0.15) is 0 Å². The molecule has 1 fully saturated rings. The van der Waals surface area contributed by atoms with Gasteiger partial charge in [-0.15, -0.1) is 0 Å². The number of unbranched alkanes of at least 4 members (excludes halogenated alkanes) is 1. The van der Waals surface area contributed by atoms with Gasteiger partial charge < -0.3 is 10.0 Å². The highest BCUT2D eigenvalue weighted by Gasteiger charge is 2.31. The molecule has 66 valence electrons. The first-order chi connectivity index (χ1) is 5.25. The fourth-order valence-electron chi connectivity index (χ4n) is 1.55. The molecule has 11 heavy (non-hydrogen) atoms. The van der Waals surface area contributed by atoms with Crippen LogP contribution < -0.4 is 0 Å². The third-order valence-corrected chi connectivity index (χ3v) is 2.63. The Morgan fingerprint density at radius 1 is 1.45 bits per heavy atom. The number of hydrogen-bond acceptors (Lipinski definition) is 2. The van der Waals surface area contributed by atoms with E-state index in [1.807, 2.05) is 0 Å². The molecule has 2 heteroatoms. The molecule has 2 unspecified atom stereocenters. The van der Waals surface area contributed by atoms with Crippen molar-refractivity contribution in [2.75, 3.05) is 13.6 Å². The third kappa shape index (κ3) is 2.17. The van der Waals surface area contributed by atoms with Gasteiger partial charge in [0.2, 0.25) is 0 Å². The normalized spacial score (nSPS) is 30.5. The highest BCUT2D eigenvalue weighted by molar-refractivity contribution is 4.87. The van der Waals surface area contributed by atoms with E-state index in [0.717, 1.165) is 13.0 Å². The van der Waals surface area contributed by atoms with Gasteiger partial charge in [-0.1, -0.05) is 13.3 Å². The number of aliphatic hydroxyl groups is 1. The molecule has 0 spiro atoms.